The summed E-state index contributed by atoms with van der Waals surface area (Å²) in [6.45, 7) is 1.20. The Bertz CT molecular complexity index is 1210. The van der Waals surface area contributed by atoms with Gasteiger partial charge in [-0.15, -0.1) is 0 Å². The first kappa shape index (κ1) is 29.7. The number of carboxylic acid groups (broad SMARTS) is 1. The van der Waals surface area contributed by atoms with E-state index in [4.69, 9.17) is 17.2 Å². The van der Waals surface area contributed by atoms with Crippen molar-refractivity contribution in [3.05, 3.63) is 36.0 Å². The van der Waals surface area contributed by atoms with Crippen LogP contribution in [0.15, 0.2) is 30.5 Å². The number of nitrogens with one attached hydrogen (secondary N) is 4. The third-order valence-corrected chi connectivity index (χ3v) is 5.57. The van der Waals surface area contributed by atoms with Crippen LogP contribution in [0.3, 0.4) is 0 Å². The molecule has 1 aromatic carbocycles. The number of aliphatic hydroxyl groups is 1. The van der Waals surface area contributed by atoms with Gasteiger partial charge in [0.15, 0.2) is 0 Å². The summed E-state index contributed by atoms with van der Waals surface area (Å²) in [5, 5.41) is 26.6. The van der Waals surface area contributed by atoms with E-state index in [1.807, 2.05) is 29.6 Å². The van der Waals surface area contributed by atoms with Crippen LogP contribution in [-0.4, -0.2) is 81.0 Å². The first-order valence-corrected chi connectivity index (χ1v) is 11.5. The highest BCUT2D eigenvalue weighted by molar-refractivity contribution is 5.97. The Kier molecular flexibility index (Phi) is 10.3. The Morgan fingerprint density at radius 2 is 1.47 bits per heavy atom. The summed E-state index contributed by atoms with van der Waals surface area (Å²) in [6, 6.07) is 1.23. The Labute approximate surface area is 216 Å². The third-order valence-electron chi connectivity index (χ3n) is 5.57. The highest BCUT2D eigenvalue weighted by atomic mass is 16.4. The minimum atomic E-state index is -1.73. The molecule has 2 rings (SSSR count). The van der Waals surface area contributed by atoms with Gasteiger partial charge in [-0.05, 0) is 25.0 Å². The predicted octanol–water partition coefficient (Wildman–Crippen LogP) is -3.29. The van der Waals surface area contributed by atoms with Gasteiger partial charge in [-0.25, -0.2) is 4.79 Å². The van der Waals surface area contributed by atoms with E-state index < -0.39 is 78.6 Å². The standard InChI is InChI=1S/C23H31N7O8/c1-10(31)19(30-20(34)13(24)6-11-9-27-14-5-3-2-4-12(11)14)22(36)28-15(7-17(25)32)21(35)29-16(23(37)38)8-18(26)33/h2-5,9-10,13,15-16,19,27,31H,6-8,24H2,1H3,(H2,25,32)(H2,26,33)(H,28,36)(H,29,35)(H,30,34)(H,37,38). The summed E-state index contributed by atoms with van der Waals surface area (Å²) in [4.78, 5) is 75.1. The van der Waals surface area contributed by atoms with E-state index in [9.17, 15) is 39.0 Å². The molecule has 0 radical (unpaired) electrons. The van der Waals surface area contributed by atoms with Crippen LogP contribution in [0.25, 0.3) is 10.9 Å². The number of H-pyrrole nitrogens is 1. The second-order valence-electron chi connectivity index (χ2n) is 8.70. The van der Waals surface area contributed by atoms with Crippen LogP contribution in [-0.2, 0) is 35.2 Å². The van der Waals surface area contributed by atoms with E-state index in [0.29, 0.717) is 0 Å². The monoisotopic (exact) mass is 533 g/mol. The molecule has 206 valence electrons. The highest BCUT2D eigenvalue weighted by Crippen LogP contribution is 2.18. The SMILES string of the molecule is CC(O)C(NC(=O)C(N)Cc1c[nH]c2ccccc12)C(=O)NC(CC(N)=O)C(=O)NC(CC(N)=O)C(=O)O. The molecule has 0 saturated heterocycles. The average Bonchev–Trinajstić information content (AvgIpc) is 3.23. The number of primary amides is 2. The van der Waals surface area contributed by atoms with E-state index in [0.717, 1.165) is 16.5 Å². The van der Waals surface area contributed by atoms with E-state index in [1.165, 1.54) is 6.92 Å². The van der Waals surface area contributed by atoms with Crippen LogP contribution in [0.2, 0.25) is 0 Å². The van der Waals surface area contributed by atoms with E-state index >= 15 is 0 Å². The topological polar surface area (TPSA) is 273 Å². The van der Waals surface area contributed by atoms with Gasteiger partial charge in [0.25, 0.3) is 0 Å². The highest BCUT2D eigenvalue weighted by Gasteiger charge is 2.33. The Balaban J connectivity index is 2.11. The number of para-hydroxylation sites is 1. The maximum atomic E-state index is 12.9. The molecule has 12 N–H and O–H groups in total. The molecule has 0 fully saturated rings. The largest absolute Gasteiger partial charge is 0.480 e. The predicted molar refractivity (Wildman–Crippen MR) is 133 cm³/mol. The lowest BCUT2D eigenvalue weighted by atomic mass is 10.0. The van der Waals surface area contributed by atoms with Crippen molar-refractivity contribution in [2.45, 2.75) is 56.5 Å². The van der Waals surface area contributed by atoms with E-state index in [2.05, 4.69) is 15.6 Å². The molecule has 0 aliphatic heterocycles. The van der Waals surface area contributed by atoms with Gasteiger partial charge in [0.2, 0.25) is 29.5 Å². The van der Waals surface area contributed by atoms with Crippen LogP contribution in [0, 0.1) is 0 Å². The van der Waals surface area contributed by atoms with Crippen molar-refractivity contribution in [2.24, 2.45) is 17.2 Å². The zero-order valence-electron chi connectivity index (χ0n) is 20.5. The molecule has 5 unspecified atom stereocenters. The first-order chi connectivity index (χ1) is 17.8. The maximum absolute atomic E-state index is 12.9. The van der Waals surface area contributed by atoms with Crippen molar-refractivity contribution < 1.29 is 39.0 Å². The van der Waals surface area contributed by atoms with Gasteiger partial charge in [-0.2, -0.15) is 0 Å². The number of rotatable bonds is 14. The molecule has 15 nitrogen and oxygen atoms in total. The Hall–Kier alpha value is -4.50. The molecule has 38 heavy (non-hydrogen) atoms. The van der Waals surface area contributed by atoms with Gasteiger partial charge in [0.1, 0.15) is 18.1 Å². The second-order valence-corrected chi connectivity index (χ2v) is 8.70. The van der Waals surface area contributed by atoms with Crippen molar-refractivity contribution >= 4 is 46.4 Å². The molecule has 0 spiro atoms. The summed E-state index contributed by atoms with van der Waals surface area (Å²) < 4.78 is 0. The number of carbonyl (C=O) groups excluding carboxylic acids is 5. The molecule has 5 atom stereocenters. The number of aliphatic hydroxyl groups excluding tert-OH is 1. The maximum Gasteiger partial charge on any atom is 0.326 e. The number of fused-ring (bicyclic) bond motifs is 1. The number of benzene rings is 1. The Morgan fingerprint density at radius 1 is 0.895 bits per heavy atom. The molecule has 0 saturated carbocycles. The molecule has 2 aromatic rings. The van der Waals surface area contributed by atoms with Crippen molar-refractivity contribution in [2.75, 3.05) is 0 Å². The van der Waals surface area contributed by atoms with Crippen LogP contribution in [0.5, 0.6) is 0 Å². The first-order valence-electron chi connectivity index (χ1n) is 11.5. The summed E-state index contributed by atoms with van der Waals surface area (Å²) in [5.41, 5.74) is 17.7. The third kappa shape index (κ3) is 8.28. The van der Waals surface area contributed by atoms with E-state index in [1.54, 1.807) is 6.20 Å². The van der Waals surface area contributed by atoms with E-state index in [-0.39, 0.29) is 6.42 Å². The van der Waals surface area contributed by atoms with Gasteiger partial charge >= 0.3 is 5.97 Å². The van der Waals surface area contributed by atoms with Gasteiger partial charge in [-0.3, -0.25) is 24.0 Å². The molecule has 0 aliphatic rings. The lowest BCUT2D eigenvalue weighted by Crippen LogP contribution is -2.60. The molecule has 15 heteroatoms. The summed E-state index contributed by atoms with van der Waals surface area (Å²) in [6.07, 6.45) is -1.15. The van der Waals surface area contributed by atoms with Crippen molar-refractivity contribution in [3.8, 4) is 0 Å². The number of hydrogen-bond donors (Lipinski definition) is 9. The van der Waals surface area contributed by atoms with Gasteiger partial charge in [-0.1, -0.05) is 18.2 Å². The Morgan fingerprint density at radius 3 is 2.05 bits per heavy atom. The number of hydrogen-bond acceptors (Lipinski definition) is 8. The molecular weight excluding hydrogens is 502 g/mol. The molecule has 0 bridgehead atoms. The molecule has 1 heterocycles. The fourth-order valence-electron chi connectivity index (χ4n) is 3.64. The second kappa shape index (κ2) is 13.2. The van der Waals surface area contributed by atoms with Crippen molar-refractivity contribution in [1.29, 1.82) is 0 Å². The van der Waals surface area contributed by atoms with Crippen molar-refractivity contribution in [3.63, 3.8) is 0 Å². The lowest BCUT2D eigenvalue weighted by molar-refractivity contribution is -0.144. The number of carbonyl (C=O) groups is 6. The average molecular weight is 534 g/mol. The number of amides is 5. The number of carboxylic acids is 1. The molecule has 5 amide bonds. The zero-order chi connectivity index (χ0) is 28.6. The lowest BCUT2D eigenvalue weighted by Gasteiger charge is -2.26. The minimum Gasteiger partial charge on any atom is -0.480 e. The minimum absolute atomic E-state index is 0.104. The van der Waals surface area contributed by atoms with Crippen LogP contribution >= 0.6 is 0 Å². The quantitative estimate of drug-likeness (QED) is 0.117. The molecule has 0 aliphatic carbocycles. The number of aliphatic carboxylic acids is 1. The fourth-order valence-corrected chi connectivity index (χ4v) is 3.64. The van der Waals surface area contributed by atoms with Gasteiger partial charge in [0.05, 0.1) is 25.0 Å². The molecule has 1 aromatic heterocycles. The van der Waals surface area contributed by atoms with Crippen LogP contribution < -0.4 is 33.2 Å². The summed E-state index contributed by atoms with van der Waals surface area (Å²) >= 11 is 0. The zero-order valence-corrected chi connectivity index (χ0v) is 20.5. The van der Waals surface area contributed by atoms with Gasteiger partial charge in [0, 0.05) is 17.1 Å². The number of aromatic nitrogens is 1. The summed E-state index contributed by atoms with van der Waals surface area (Å²) in [7, 11) is 0. The van der Waals surface area contributed by atoms with Crippen LogP contribution in [0.1, 0.15) is 25.3 Å². The van der Waals surface area contributed by atoms with Crippen LogP contribution in [0.4, 0.5) is 0 Å². The summed E-state index contributed by atoms with van der Waals surface area (Å²) in [5.74, 6) is -6.63. The molecular formula is C23H31N7O8. The smallest absolute Gasteiger partial charge is 0.326 e. The number of aromatic amines is 1. The fraction of sp³-hybridized carbons (Fsp3) is 0.391. The number of nitrogens with two attached hydrogens (primary N) is 3. The van der Waals surface area contributed by atoms with Crippen molar-refractivity contribution in [1.82, 2.24) is 20.9 Å². The van der Waals surface area contributed by atoms with Gasteiger partial charge < -0.3 is 48.3 Å². The normalized spacial score (nSPS) is 14.9.